The molecular formula is C11H13N3O. The average molecular weight is 203 g/mol. The van der Waals surface area contributed by atoms with Gasteiger partial charge in [-0.1, -0.05) is 18.2 Å². The van der Waals surface area contributed by atoms with Gasteiger partial charge in [-0.25, -0.2) is 4.98 Å². The molecule has 0 spiro atoms. The van der Waals surface area contributed by atoms with Crippen molar-refractivity contribution in [2.24, 2.45) is 0 Å². The molecule has 1 aromatic heterocycles. The maximum absolute atomic E-state index is 5.53. The van der Waals surface area contributed by atoms with Crippen LogP contribution in [-0.4, -0.2) is 16.6 Å². The molecule has 0 aliphatic carbocycles. The molecule has 0 atom stereocenters. The average Bonchev–Trinajstić information content (AvgIpc) is 2.66. The SMILES string of the molecule is Nc1ncc(CCOc2ccccc2)[nH]1. The zero-order valence-electron chi connectivity index (χ0n) is 8.31. The van der Waals surface area contributed by atoms with Crippen LogP contribution >= 0.6 is 0 Å². The number of nitrogen functional groups attached to an aromatic ring is 1. The maximum atomic E-state index is 5.53. The van der Waals surface area contributed by atoms with Crippen LogP contribution in [0.3, 0.4) is 0 Å². The first kappa shape index (κ1) is 9.58. The molecule has 0 unspecified atom stereocenters. The van der Waals surface area contributed by atoms with Crippen molar-refractivity contribution in [2.45, 2.75) is 6.42 Å². The number of hydrogen-bond donors (Lipinski definition) is 2. The van der Waals surface area contributed by atoms with Gasteiger partial charge in [0.15, 0.2) is 5.95 Å². The van der Waals surface area contributed by atoms with Crippen molar-refractivity contribution >= 4 is 5.95 Å². The van der Waals surface area contributed by atoms with Crippen molar-refractivity contribution in [1.29, 1.82) is 0 Å². The van der Waals surface area contributed by atoms with Gasteiger partial charge < -0.3 is 15.5 Å². The number of nitrogens with one attached hydrogen (secondary N) is 1. The van der Waals surface area contributed by atoms with Gasteiger partial charge >= 0.3 is 0 Å². The first-order valence-electron chi connectivity index (χ1n) is 4.82. The van der Waals surface area contributed by atoms with E-state index in [4.69, 9.17) is 10.5 Å². The molecular weight excluding hydrogens is 190 g/mol. The summed E-state index contributed by atoms with van der Waals surface area (Å²) in [6.07, 6.45) is 2.50. The minimum Gasteiger partial charge on any atom is -0.493 e. The molecule has 0 aliphatic rings. The number of aromatic nitrogens is 2. The van der Waals surface area contributed by atoms with Gasteiger partial charge in [-0.3, -0.25) is 0 Å². The third-order valence-corrected chi connectivity index (χ3v) is 2.03. The van der Waals surface area contributed by atoms with Crippen molar-refractivity contribution in [3.8, 4) is 5.75 Å². The van der Waals surface area contributed by atoms with Crippen molar-refractivity contribution in [3.05, 3.63) is 42.2 Å². The number of imidazole rings is 1. The fraction of sp³-hybridized carbons (Fsp3) is 0.182. The number of aromatic amines is 1. The summed E-state index contributed by atoms with van der Waals surface area (Å²) in [5.41, 5.74) is 6.44. The maximum Gasteiger partial charge on any atom is 0.197 e. The number of anilines is 1. The fourth-order valence-corrected chi connectivity index (χ4v) is 1.30. The van der Waals surface area contributed by atoms with Gasteiger partial charge in [-0.2, -0.15) is 0 Å². The second kappa shape index (κ2) is 4.50. The summed E-state index contributed by atoms with van der Waals surface area (Å²) in [6, 6.07) is 9.72. The summed E-state index contributed by atoms with van der Waals surface area (Å²) in [5.74, 6) is 1.33. The zero-order valence-corrected chi connectivity index (χ0v) is 8.31. The summed E-state index contributed by atoms with van der Waals surface area (Å²) in [6.45, 7) is 0.617. The van der Waals surface area contributed by atoms with Gasteiger partial charge in [0.1, 0.15) is 5.75 Å². The van der Waals surface area contributed by atoms with Gasteiger partial charge in [-0.15, -0.1) is 0 Å². The molecule has 15 heavy (non-hydrogen) atoms. The van der Waals surface area contributed by atoms with Gasteiger partial charge in [0.05, 0.1) is 12.8 Å². The number of ether oxygens (including phenoxy) is 1. The lowest BCUT2D eigenvalue weighted by molar-refractivity contribution is 0.321. The first-order chi connectivity index (χ1) is 7.34. The molecule has 78 valence electrons. The van der Waals surface area contributed by atoms with E-state index < -0.39 is 0 Å². The molecule has 4 heteroatoms. The molecule has 0 fully saturated rings. The monoisotopic (exact) mass is 203 g/mol. The van der Waals surface area contributed by atoms with Crippen LogP contribution in [0.25, 0.3) is 0 Å². The number of nitrogens with zero attached hydrogens (tertiary/aromatic N) is 1. The van der Waals surface area contributed by atoms with Gasteiger partial charge in [0.25, 0.3) is 0 Å². The molecule has 3 N–H and O–H groups in total. The molecule has 0 amide bonds. The molecule has 2 aromatic rings. The lowest BCUT2D eigenvalue weighted by Crippen LogP contribution is -2.01. The Hall–Kier alpha value is -1.97. The Kier molecular flexibility index (Phi) is 2.88. The lowest BCUT2D eigenvalue weighted by atomic mass is 10.3. The molecule has 2 rings (SSSR count). The Morgan fingerprint density at radius 1 is 1.27 bits per heavy atom. The van der Waals surface area contributed by atoms with E-state index in [1.807, 2.05) is 30.3 Å². The van der Waals surface area contributed by atoms with E-state index in [0.29, 0.717) is 12.6 Å². The molecule has 0 saturated carbocycles. The Balaban J connectivity index is 1.80. The van der Waals surface area contributed by atoms with Crippen LogP contribution in [0.4, 0.5) is 5.95 Å². The molecule has 0 radical (unpaired) electrons. The van der Waals surface area contributed by atoms with Crippen LogP contribution in [0.1, 0.15) is 5.69 Å². The largest absolute Gasteiger partial charge is 0.493 e. The summed E-state index contributed by atoms with van der Waals surface area (Å²) < 4.78 is 5.53. The molecule has 1 aromatic carbocycles. The predicted molar refractivity (Wildman–Crippen MR) is 58.6 cm³/mol. The summed E-state index contributed by atoms with van der Waals surface area (Å²) in [5, 5.41) is 0. The van der Waals surface area contributed by atoms with Crippen LogP contribution in [0.15, 0.2) is 36.5 Å². The quantitative estimate of drug-likeness (QED) is 0.793. The standard InChI is InChI=1S/C11H13N3O/c12-11-13-8-9(14-11)6-7-15-10-4-2-1-3-5-10/h1-5,8H,6-7H2,(H3,12,13,14). The van der Waals surface area contributed by atoms with Crippen LogP contribution < -0.4 is 10.5 Å². The minimum absolute atomic E-state index is 0.449. The molecule has 1 heterocycles. The molecule has 0 bridgehead atoms. The van der Waals surface area contributed by atoms with E-state index >= 15 is 0 Å². The fourth-order valence-electron chi connectivity index (χ4n) is 1.30. The van der Waals surface area contributed by atoms with Crippen molar-refractivity contribution in [2.75, 3.05) is 12.3 Å². The van der Waals surface area contributed by atoms with Crippen molar-refractivity contribution in [1.82, 2.24) is 9.97 Å². The normalized spacial score (nSPS) is 10.1. The van der Waals surface area contributed by atoms with Crippen molar-refractivity contribution in [3.63, 3.8) is 0 Å². The van der Waals surface area contributed by atoms with E-state index in [2.05, 4.69) is 9.97 Å². The van der Waals surface area contributed by atoms with E-state index in [9.17, 15) is 0 Å². The number of nitrogens with two attached hydrogens (primary N) is 1. The highest BCUT2D eigenvalue weighted by Crippen LogP contribution is 2.08. The smallest absolute Gasteiger partial charge is 0.197 e. The Morgan fingerprint density at radius 3 is 2.73 bits per heavy atom. The highest BCUT2D eigenvalue weighted by atomic mass is 16.5. The van der Waals surface area contributed by atoms with Crippen molar-refractivity contribution < 1.29 is 4.74 Å². The number of rotatable bonds is 4. The van der Waals surface area contributed by atoms with Crippen LogP contribution in [0, 0.1) is 0 Å². The van der Waals surface area contributed by atoms with E-state index in [0.717, 1.165) is 17.9 Å². The highest BCUT2D eigenvalue weighted by molar-refractivity contribution is 5.21. The molecule has 0 saturated heterocycles. The van der Waals surface area contributed by atoms with E-state index in [1.54, 1.807) is 6.20 Å². The number of hydrogen-bond acceptors (Lipinski definition) is 3. The minimum atomic E-state index is 0.449. The van der Waals surface area contributed by atoms with E-state index in [-0.39, 0.29) is 0 Å². The van der Waals surface area contributed by atoms with Gasteiger partial charge in [0.2, 0.25) is 0 Å². The summed E-state index contributed by atoms with van der Waals surface area (Å²) in [4.78, 5) is 6.86. The third-order valence-electron chi connectivity index (χ3n) is 2.03. The molecule has 0 aliphatic heterocycles. The Labute approximate surface area is 88.1 Å². The number of para-hydroxylation sites is 1. The summed E-state index contributed by atoms with van der Waals surface area (Å²) in [7, 11) is 0. The van der Waals surface area contributed by atoms with Crippen LogP contribution in [-0.2, 0) is 6.42 Å². The first-order valence-corrected chi connectivity index (χ1v) is 4.82. The zero-order chi connectivity index (χ0) is 10.5. The van der Waals surface area contributed by atoms with E-state index in [1.165, 1.54) is 0 Å². The second-order valence-electron chi connectivity index (χ2n) is 3.21. The van der Waals surface area contributed by atoms with Gasteiger partial charge in [0, 0.05) is 12.1 Å². The predicted octanol–water partition coefficient (Wildman–Crippen LogP) is 1.61. The topological polar surface area (TPSA) is 63.9 Å². The highest BCUT2D eigenvalue weighted by Gasteiger charge is 1.97. The van der Waals surface area contributed by atoms with Crippen LogP contribution in [0.2, 0.25) is 0 Å². The summed E-state index contributed by atoms with van der Waals surface area (Å²) >= 11 is 0. The lowest BCUT2D eigenvalue weighted by Gasteiger charge is -2.03. The van der Waals surface area contributed by atoms with Gasteiger partial charge in [-0.05, 0) is 12.1 Å². The number of benzene rings is 1. The molecule has 4 nitrogen and oxygen atoms in total. The number of H-pyrrole nitrogens is 1. The Bertz CT molecular complexity index is 411. The van der Waals surface area contributed by atoms with Crippen LogP contribution in [0.5, 0.6) is 5.75 Å². The Morgan fingerprint density at radius 2 is 2.07 bits per heavy atom. The second-order valence-corrected chi connectivity index (χ2v) is 3.21. The third kappa shape index (κ3) is 2.74.